The highest BCUT2D eigenvalue weighted by atomic mass is 35.5. The molecule has 0 unspecified atom stereocenters. The normalized spacial score (nSPS) is 11.7. The Morgan fingerprint density at radius 3 is 2.09 bits per heavy atom. The predicted molar refractivity (Wildman–Crippen MR) is 132 cm³/mol. The van der Waals surface area contributed by atoms with Crippen LogP contribution in [0.5, 0.6) is 0 Å². The van der Waals surface area contributed by atoms with Gasteiger partial charge in [0.2, 0.25) is 5.91 Å². The first-order chi connectivity index (χ1) is 16.4. The Morgan fingerprint density at radius 2 is 1.54 bits per heavy atom. The molecule has 3 N–H and O–H groups in total. The van der Waals surface area contributed by atoms with E-state index < -0.39 is 42.1 Å². The van der Waals surface area contributed by atoms with Gasteiger partial charge in [-0.1, -0.05) is 53.5 Å². The van der Waals surface area contributed by atoms with Crippen LogP contribution in [-0.2, 0) is 19.1 Å². The van der Waals surface area contributed by atoms with Gasteiger partial charge in [-0.05, 0) is 44.0 Å². The lowest BCUT2D eigenvalue weighted by Gasteiger charge is -2.20. The van der Waals surface area contributed by atoms with Crippen LogP contribution < -0.4 is 16.0 Å². The highest BCUT2D eigenvalue weighted by Crippen LogP contribution is 2.31. The van der Waals surface area contributed by atoms with Gasteiger partial charge in [-0.2, -0.15) is 0 Å². The average molecular weight is 524 g/mol. The van der Waals surface area contributed by atoms with Gasteiger partial charge < -0.3 is 25.4 Å². The molecular formula is C24H27Cl2N3O6. The van der Waals surface area contributed by atoms with E-state index in [-0.39, 0.29) is 22.2 Å². The average Bonchev–Trinajstić information content (AvgIpc) is 2.78. The lowest BCUT2D eigenvalue weighted by molar-refractivity contribution is -0.142. The zero-order valence-electron chi connectivity index (χ0n) is 19.7. The maximum Gasteiger partial charge on any atom is 0.408 e. The summed E-state index contributed by atoms with van der Waals surface area (Å²) < 4.78 is 9.75. The Bertz CT molecular complexity index is 1060. The molecule has 1 atom stereocenters. The molecule has 0 heterocycles. The highest BCUT2D eigenvalue weighted by Gasteiger charge is 2.26. The Morgan fingerprint density at radius 1 is 0.943 bits per heavy atom. The molecule has 2 aromatic carbocycles. The van der Waals surface area contributed by atoms with Crippen LogP contribution in [0.1, 0.15) is 31.1 Å². The topological polar surface area (TPSA) is 123 Å². The fourth-order valence-corrected chi connectivity index (χ4v) is 3.56. The standard InChI is InChI=1S/C24H27Cl2N3O6/c1-24(2,3)35-23(33)28-13-19(30)27-12-18(22(32)34-4)29-21(31)20-16(25)10-15(11-17(20)26)14-8-6-5-7-9-14/h5-11,18H,12-13H2,1-4H3,(H,27,30)(H,28,33)(H,29,31)/t18-/m0/s1. The van der Waals surface area contributed by atoms with Crippen molar-refractivity contribution in [1.29, 1.82) is 0 Å². The van der Waals surface area contributed by atoms with Crippen molar-refractivity contribution in [2.24, 2.45) is 0 Å². The number of nitrogens with one attached hydrogen (secondary N) is 3. The molecule has 0 saturated carbocycles. The van der Waals surface area contributed by atoms with E-state index in [0.717, 1.165) is 12.7 Å². The van der Waals surface area contributed by atoms with Crippen molar-refractivity contribution in [3.63, 3.8) is 0 Å². The van der Waals surface area contributed by atoms with Crippen LogP contribution in [0.2, 0.25) is 10.0 Å². The lowest BCUT2D eigenvalue weighted by Crippen LogP contribution is -2.50. The third-order valence-corrected chi connectivity index (χ3v) is 5.06. The number of hydrogen-bond acceptors (Lipinski definition) is 6. The van der Waals surface area contributed by atoms with E-state index in [1.165, 1.54) is 0 Å². The lowest BCUT2D eigenvalue weighted by atomic mass is 10.0. The number of carbonyl (C=O) groups is 4. The van der Waals surface area contributed by atoms with Crippen LogP contribution in [0.4, 0.5) is 4.79 Å². The number of benzene rings is 2. The molecule has 188 valence electrons. The molecule has 0 aliphatic heterocycles. The molecule has 11 heteroatoms. The van der Waals surface area contributed by atoms with Gasteiger partial charge in [0.15, 0.2) is 0 Å². The highest BCUT2D eigenvalue weighted by molar-refractivity contribution is 6.40. The van der Waals surface area contributed by atoms with Gasteiger partial charge in [-0.25, -0.2) is 9.59 Å². The molecule has 9 nitrogen and oxygen atoms in total. The molecule has 0 bridgehead atoms. The van der Waals surface area contributed by atoms with Crippen molar-refractivity contribution in [3.05, 3.63) is 58.1 Å². The number of hydrogen-bond donors (Lipinski definition) is 3. The van der Waals surface area contributed by atoms with Gasteiger partial charge in [0.25, 0.3) is 5.91 Å². The number of esters is 1. The molecule has 3 amide bonds. The molecule has 0 aliphatic carbocycles. The minimum atomic E-state index is -1.24. The second-order valence-corrected chi connectivity index (χ2v) is 9.20. The number of carbonyl (C=O) groups excluding carboxylic acids is 4. The minimum Gasteiger partial charge on any atom is -0.467 e. The van der Waals surface area contributed by atoms with Crippen LogP contribution in [-0.4, -0.2) is 55.7 Å². The van der Waals surface area contributed by atoms with Crippen molar-refractivity contribution in [2.45, 2.75) is 32.4 Å². The smallest absolute Gasteiger partial charge is 0.408 e. The summed E-state index contributed by atoms with van der Waals surface area (Å²) in [5.74, 6) is -2.13. The molecule has 0 saturated heterocycles. The Labute approximate surface area is 213 Å². The number of alkyl carbamates (subject to hydrolysis) is 1. The van der Waals surface area contributed by atoms with Crippen LogP contribution in [0, 0.1) is 0 Å². The van der Waals surface area contributed by atoms with Gasteiger partial charge in [0.05, 0.1) is 29.3 Å². The number of amides is 3. The Hall–Kier alpha value is -3.30. The number of rotatable bonds is 8. The minimum absolute atomic E-state index is 0.0279. The Balaban J connectivity index is 2.04. The van der Waals surface area contributed by atoms with Gasteiger partial charge in [-0.15, -0.1) is 0 Å². The van der Waals surface area contributed by atoms with Gasteiger partial charge in [0, 0.05) is 6.54 Å². The van der Waals surface area contributed by atoms with E-state index >= 15 is 0 Å². The first-order valence-electron chi connectivity index (χ1n) is 10.6. The summed E-state index contributed by atoms with van der Waals surface area (Å²) in [6.07, 6.45) is -0.770. The quantitative estimate of drug-likeness (QED) is 0.454. The fourth-order valence-electron chi connectivity index (χ4n) is 2.90. The fraction of sp³-hybridized carbons (Fsp3) is 0.333. The molecule has 2 rings (SSSR count). The molecular weight excluding hydrogens is 497 g/mol. The second kappa shape index (κ2) is 12.4. The summed E-state index contributed by atoms with van der Waals surface area (Å²) in [7, 11) is 1.14. The monoisotopic (exact) mass is 523 g/mol. The first-order valence-corrected chi connectivity index (χ1v) is 11.3. The van der Waals surface area contributed by atoms with Crippen molar-refractivity contribution >= 4 is 47.1 Å². The van der Waals surface area contributed by atoms with Crippen LogP contribution >= 0.6 is 23.2 Å². The summed E-state index contributed by atoms with van der Waals surface area (Å²) in [6, 6.07) is 11.3. The van der Waals surface area contributed by atoms with E-state index in [4.69, 9.17) is 32.7 Å². The molecule has 2 aromatic rings. The summed E-state index contributed by atoms with van der Waals surface area (Å²) in [6.45, 7) is 4.36. The molecule has 0 radical (unpaired) electrons. The van der Waals surface area contributed by atoms with E-state index in [9.17, 15) is 19.2 Å². The Kier molecular flexibility index (Phi) is 9.91. The van der Waals surface area contributed by atoms with Crippen molar-refractivity contribution in [2.75, 3.05) is 20.2 Å². The maximum absolute atomic E-state index is 12.9. The third-order valence-electron chi connectivity index (χ3n) is 4.46. The largest absolute Gasteiger partial charge is 0.467 e. The van der Waals surface area contributed by atoms with Crippen LogP contribution in [0.3, 0.4) is 0 Å². The summed E-state index contributed by atoms with van der Waals surface area (Å²) in [5, 5.41) is 7.38. The molecule has 35 heavy (non-hydrogen) atoms. The van der Waals surface area contributed by atoms with Gasteiger partial charge >= 0.3 is 12.1 Å². The predicted octanol–water partition coefficient (Wildman–Crippen LogP) is 3.57. The summed E-state index contributed by atoms with van der Waals surface area (Å²) in [5.41, 5.74) is 0.826. The molecule has 0 aliphatic rings. The van der Waals surface area contributed by atoms with Crippen LogP contribution in [0.15, 0.2) is 42.5 Å². The zero-order valence-corrected chi connectivity index (χ0v) is 21.3. The first kappa shape index (κ1) is 27.9. The third kappa shape index (κ3) is 8.77. The SMILES string of the molecule is COC(=O)[C@H](CNC(=O)CNC(=O)OC(C)(C)C)NC(=O)c1c(Cl)cc(-c2ccccc2)cc1Cl. The van der Waals surface area contributed by atoms with Crippen molar-refractivity contribution in [1.82, 2.24) is 16.0 Å². The second-order valence-electron chi connectivity index (χ2n) is 8.39. The van der Waals surface area contributed by atoms with E-state index in [1.807, 2.05) is 30.3 Å². The summed E-state index contributed by atoms with van der Waals surface area (Å²) >= 11 is 12.7. The van der Waals surface area contributed by atoms with Gasteiger partial charge in [-0.3, -0.25) is 9.59 Å². The van der Waals surface area contributed by atoms with Gasteiger partial charge in [0.1, 0.15) is 11.6 Å². The van der Waals surface area contributed by atoms with Crippen molar-refractivity contribution in [3.8, 4) is 11.1 Å². The number of methoxy groups -OCH3 is 1. The van der Waals surface area contributed by atoms with Crippen LogP contribution in [0.25, 0.3) is 11.1 Å². The number of halogens is 2. The zero-order chi connectivity index (χ0) is 26.2. The molecule has 0 spiro atoms. The van der Waals surface area contributed by atoms with E-state index in [0.29, 0.717) is 5.56 Å². The maximum atomic E-state index is 12.9. The van der Waals surface area contributed by atoms with Crippen molar-refractivity contribution < 1.29 is 28.7 Å². The van der Waals surface area contributed by atoms with E-state index in [2.05, 4.69) is 16.0 Å². The molecule has 0 aromatic heterocycles. The summed E-state index contributed by atoms with van der Waals surface area (Å²) in [4.78, 5) is 48.8. The van der Waals surface area contributed by atoms with E-state index in [1.54, 1.807) is 32.9 Å². The molecule has 0 fully saturated rings. The number of ether oxygens (including phenoxy) is 2.